The lowest BCUT2D eigenvalue weighted by Gasteiger charge is -2.18. The van der Waals surface area contributed by atoms with Crippen LogP contribution in [0.2, 0.25) is 0 Å². The summed E-state index contributed by atoms with van der Waals surface area (Å²) in [6.45, 7) is 1.60. The monoisotopic (exact) mass is 220 g/mol. The minimum absolute atomic E-state index is 0.231. The van der Waals surface area contributed by atoms with Gasteiger partial charge in [-0.05, 0) is 18.2 Å². The Kier molecular flexibility index (Phi) is 2.00. The summed E-state index contributed by atoms with van der Waals surface area (Å²) in [5.74, 6) is 0.780. The fourth-order valence-corrected chi connectivity index (χ4v) is 2.04. The van der Waals surface area contributed by atoms with Gasteiger partial charge in [0, 0.05) is 25.7 Å². The highest BCUT2D eigenvalue weighted by molar-refractivity contribution is 5.72. The largest absolute Gasteiger partial charge is 0.379 e. The molecule has 1 aromatic rings. The number of nitrogens with one attached hydrogen (secondary N) is 3. The van der Waals surface area contributed by atoms with E-state index >= 15 is 0 Å². The van der Waals surface area contributed by atoms with E-state index in [1.54, 1.807) is 6.07 Å². The molecular weight excluding hydrogens is 207 g/mol. The van der Waals surface area contributed by atoms with Gasteiger partial charge in [0.1, 0.15) is 11.6 Å². The maximum absolute atomic E-state index is 13.2. The van der Waals surface area contributed by atoms with E-state index in [0.717, 1.165) is 30.3 Å². The van der Waals surface area contributed by atoms with E-state index < -0.39 is 0 Å². The number of hydrazine groups is 1. The molecule has 3 N–H and O–H groups in total. The van der Waals surface area contributed by atoms with Gasteiger partial charge < -0.3 is 10.6 Å². The number of hydrogen-bond acceptors (Lipinski definition) is 4. The quantitative estimate of drug-likeness (QED) is 0.616. The lowest BCUT2D eigenvalue weighted by atomic mass is 10.2. The lowest BCUT2D eigenvalue weighted by molar-refractivity contribution is 0.349. The Morgan fingerprint density at radius 2 is 2.12 bits per heavy atom. The van der Waals surface area contributed by atoms with Crippen molar-refractivity contribution in [3.8, 4) is 0 Å². The molecule has 2 heterocycles. The predicted molar refractivity (Wildman–Crippen MR) is 61.3 cm³/mol. The van der Waals surface area contributed by atoms with E-state index in [-0.39, 0.29) is 5.82 Å². The van der Waals surface area contributed by atoms with Crippen molar-refractivity contribution in [1.29, 1.82) is 0 Å². The molecule has 0 unspecified atom stereocenters. The van der Waals surface area contributed by atoms with E-state index in [4.69, 9.17) is 0 Å². The molecule has 5 heteroatoms. The molecule has 3 rings (SSSR count). The van der Waals surface area contributed by atoms with Crippen LogP contribution in [0.25, 0.3) is 0 Å². The minimum Gasteiger partial charge on any atom is -0.379 e. The fraction of sp³-hybridized carbons (Fsp3) is 0.273. The summed E-state index contributed by atoms with van der Waals surface area (Å²) < 4.78 is 13.2. The van der Waals surface area contributed by atoms with Gasteiger partial charge in [0.25, 0.3) is 0 Å². The maximum atomic E-state index is 13.2. The first-order chi connectivity index (χ1) is 7.74. The number of rotatable bonds is 0. The first kappa shape index (κ1) is 9.47. The Morgan fingerprint density at radius 1 is 1.25 bits per heavy atom. The van der Waals surface area contributed by atoms with E-state index in [1.807, 2.05) is 12.1 Å². The molecule has 0 bridgehead atoms. The number of nitrogens with zero attached hydrogens (tertiary/aromatic N) is 1. The van der Waals surface area contributed by atoms with Gasteiger partial charge in [0.2, 0.25) is 0 Å². The highest BCUT2D eigenvalue weighted by Gasteiger charge is 2.22. The maximum Gasteiger partial charge on any atom is 0.125 e. The Hall–Kier alpha value is -1.75. The smallest absolute Gasteiger partial charge is 0.125 e. The molecule has 2 aliphatic rings. The van der Waals surface area contributed by atoms with Crippen molar-refractivity contribution in [2.75, 3.05) is 30.8 Å². The summed E-state index contributed by atoms with van der Waals surface area (Å²) in [7, 11) is 1.94. The third-order valence-corrected chi connectivity index (χ3v) is 2.93. The van der Waals surface area contributed by atoms with Gasteiger partial charge in [-0.2, -0.15) is 0 Å². The fourth-order valence-electron chi connectivity index (χ4n) is 2.04. The normalized spacial score (nSPS) is 18.5. The van der Waals surface area contributed by atoms with Gasteiger partial charge in [0.15, 0.2) is 0 Å². The first-order valence-electron chi connectivity index (χ1n) is 5.24. The molecule has 0 spiro atoms. The zero-order chi connectivity index (χ0) is 11.1. The standard InChI is InChI=1S/C11H13FN4/c1-16-11-7(6-14-16)5-13-9-3-2-8(12)4-10(9)15-11/h2-4,13-15H,5-6H2,1H3. The van der Waals surface area contributed by atoms with Crippen molar-refractivity contribution >= 4 is 11.4 Å². The number of fused-ring (bicyclic) bond motifs is 1. The van der Waals surface area contributed by atoms with Crippen molar-refractivity contribution in [1.82, 2.24) is 10.4 Å². The second-order valence-electron chi connectivity index (χ2n) is 4.01. The molecule has 0 radical (unpaired) electrons. The van der Waals surface area contributed by atoms with Gasteiger partial charge in [0.05, 0.1) is 11.4 Å². The average molecular weight is 220 g/mol. The first-order valence-corrected chi connectivity index (χ1v) is 5.24. The van der Waals surface area contributed by atoms with Crippen LogP contribution < -0.4 is 16.1 Å². The second kappa shape index (κ2) is 3.38. The van der Waals surface area contributed by atoms with Crippen LogP contribution in [0.1, 0.15) is 0 Å². The van der Waals surface area contributed by atoms with Crippen molar-refractivity contribution < 1.29 is 4.39 Å². The molecular formula is C11H13FN4. The lowest BCUT2D eigenvalue weighted by Crippen LogP contribution is -2.30. The summed E-state index contributed by atoms with van der Waals surface area (Å²) in [6, 6.07) is 4.73. The summed E-state index contributed by atoms with van der Waals surface area (Å²) >= 11 is 0. The number of anilines is 2. The molecule has 16 heavy (non-hydrogen) atoms. The molecule has 0 fully saturated rings. The Morgan fingerprint density at radius 3 is 3.00 bits per heavy atom. The van der Waals surface area contributed by atoms with Gasteiger partial charge in [-0.3, -0.25) is 5.01 Å². The highest BCUT2D eigenvalue weighted by Crippen LogP contribution is 2.29. The Balaban J connectivity index is 2.01. The molecule has 1 aromatic carbocycles. The predicted octanol–water partition coefficient (Wildman–Crippen LogP) is 1.32. The van der Waals surface area contributed by atoms with Crippen molar-refractivity contribution in [3.63, 3.8) is 0 Å². The zero-order valence-electron chi connectivity index (χ0n) is 8.97. The van der Waals surface area contributed by atoms with Crippen LogP contribution in [0.3, 0.4) is 0 Å². The topological polar surface area (TPSA) is 39.3 Å². The van der Waals surface area contributed by atoms with Gasteiger partial charge >= 0.3 is 0 Å². The number of benzene rings is 1. The van der Waals surface area contributed by atoms with Crippen molar-refractivity contribution in [2.45, 2.75) is 0 Å². The molecule has 0 amide bonds. The van der Waals surface area contributed by atoms with E-state index in [1.165, 1.54) is 17.7 Å². The number of hydrogen-bond donors (Lipinski definition) is 3. The van der Waals surface area contributed by atoms with Crippen molar-refractivity contribution in [3.05, 3.63) is 35.4 Å². The number of halogens is 1. The summed E-state index contributed by atoms with van der Waals surface area (Å²) in [5, 5.41) is 8.47. The second-order valence-corrected chi connectivity index (χ2v) is 4.01. The zero-order valence-corrected chi connectivity index (χ0v) is 8.97. The Labute approximate surface area is 93.1 Å². The van der Waals surface area contributed by atoms with E-state index in [2.05, 4.69) is 16.1 Å². The molecule has 0 atom stereocenters. The van der Waals surface area contributed by atoms with Gasteiger partial charge in [-0.1, -0.05) is 0 Å². The third kappa shape index (κ3) is 1.40. The minimum atomic E-state index is -0.231. The van der Waals surface area contributed by atoms with Crippen LogP contribution in [0.15, 0.2) is 29.6 Å². The van der Waals surface area contributed by atoms with E-state index in [0.29, 0.717) is 0 Å². The molecule has 0 saturated heterocycles. The van der Waals surface area contributed by atoms with Crippen LogP contribution >= 0.6 is 0 Å². The molecule has 2 aliphatic heterocycles. The van der Waals surface area contributed by atoms with Crippen LogP contribution in [-0.2, 0) is 0 Å². The summed E-state index contributed by atoms with van der Waals surface area (Å²) in [5.41, 5.74) is 6.16. The van der Waals surface area contributed by atoms with Gasteiger partial charge in [-0.15, -0.1) is 0 Å². The molecule has 4 nitrogen and oxygen atoms in total. The molecule has 0 aromatic heterocycles. The van der Waals surface area contributed by atoms with Crippen molar-refractivity contribution in [2.24, 2.45) is 0 Å². The Bertz CT molecular complexity index is 469. The summed E-state index contributed by atoms with van der Waals surface area (Å²) in [4.78, 5) is 0. The molecule has 84 valence electrons. The van der Waals surface area contributed by atoms with Crippen LogP contribution in [-0.4, -0.2) is 25.1 Å². The summed E-state index contributed by atoms with van der Waals surface area (Å²) in [6.07, 6.45) is 0. The SMILES string of the molecule is CN1NCC2=C1Nc1cc(F)ccc1NC2. The third-order valence-electron chi connectivity index (χ3n) is 2.93. The van der Waals surface area contributed by atoms with Gasteiger partial charge in [-0.25, -0.2) is 9.82 Å². The highest BCUT2D eigenvalue weighted by atomic mass is 19.1. The van der Waals surface area contributed by atoms with Crippen LogP contribution in [0.5, 0.6) is 0 Å². The molecule has 0 aliphatic carbocycles. The van der Waals surface area contributed by atoms with E-state index in [9.17, 15) is 4.39 Å². The average Bonchev–Trinajstić information content (AvgIpc) is 2.51. The molecule has 0 saturated carbocycles. The van der Waals surface area contributed by atoms with Crippen LogP contribution in [0.4, 0.5) is 15.8 Å². The van der Waals surface area contributed by atoms with Crippen LogP contribution in [0, 0.1) is 5.82 Å².